The summed E-state index contributed by atoms with van der Waals surface area (Å²) in [6.07, 6.45) is 12.0. The van der Waals surface area contributed by atoms with Crippen LogP contribution in [0.3, 0.4) is 0 Å². The Morgan fingerprint density at radius 2 is 1.85 bits per heavy atom. The third-order valence-electron chi connectivity index (χ3n) is 9.32. The average Bonchev–Trinajstić information content (AvgIpc) is 3.64. The van der Waals surface area contributed by atoms with Gasteiger partial charge in [0.25, 0.3) is 0 Å². The van der Waals surface area contributed by atoms with Gasteiger partial charge in [-0.2, -0.15) is 0 Å². The van der Waals surface area contributed by atoms with E-state index in [1.807, 2.05) is 67.8 Å². The third-order valence-corrected chi connectivity index (χ3v) is 10.0. The van der Waals surface area contributed by atoms with Crippen LogP contribution in [0.2, 0.25) is 0 Å². The summed E-state index contributed by atoms with van der Waals surface area (Å²) in [6, 6.07) is 16.9. The Labute approximate surface area is 246 Å². The second-order valence-electron chi connectivity index (χ2n) is 11.9. The van der Waals surface area contributed by atoms with Gasteiger partial charge in [-0.05, 0) is 62.6 Å². The zero-order valence-electron chi connectivity index (χ0n) is 23.8. The van der Waals surface area contributed by atoms with Gasteiger partial charge >= 0.3 is 0 Å². The van der Waals surface area contributed by atoms with E-state index in [1.54, 1.807) is 16.7 Å². The first-order chi connectivity index (χ1) is 19.9. The summed E-state index contributed by atoms with van der Waals surface area (Å²) in [7, 11) is 0. The first-order valence-electron chi connectivity index (χ1n) is 14.9. The van der Waals surface area contributed by atoms with Gasteiger partial charge < -0.3 is 20.3 Å². The number of hydrogen-bond acceptors (Lipinski definition) is 5. The van der Waals surface area contributed by atoms with Gasteiger partial charge in [-0.3, -0.25) is 14.4 Å². The van der Waals surface area contributed by atoms with E-state index in [9.17, 15) is 14.4 Å². The molecule has 2 aromatic rings. The predicted molar refractivity (Wildman–Crippen MR) is 160 cm³/mol. The zero-order valence-corrected chi connectivity index (χ0v) is 24.6. The number of carbonyl (C=O) groups excluding carboxylic acids is 3. The van der Waals surface area contributed by atoms with Crippen molar-refractivity contribution in [2.45, 2.75) is 86.6 Å². The molecule has 3 heterocycles. The summed E-state index contributed by atoms with van der Waals surface area (Å²) >= 11 is 1.60. The molecular formula is C33H39N3O4S. The number of rotatable bonds is 9. The lowest BCUT2D eigenvalue weighted by atomic mass is 9.74. The van der Waals surface area contributed by atoms with Gasteiger partial charge in [0.05, 0.1) is 17.9 Å². The number of amides is 3. The number of nitrogens with one attached hydrogen (secondary N) is 2. The van der Waals surface area contributed by atoms with E-state index in [-0.39, 0.29) is 29.8 Å². The van der Waals surface area contributed by atoms with Gasteiger partial charge in [0.15, 0.2) is 0 Å². The van der Waals surface area contributed by atoms with E-state index in [2.05, 4.69) is 22.8 Å². The third kappa shape index (κ3) is 5.21. The van der Waals surface area contributed by atoms with Crippen molar-refractivity contribution in [2.75, 3.05) is 11.6 Å². The molecule has 2 N–H and O–H groups in total. The molecule has 41 heavy (non-hydrogen) atoms. The van der Waals surface area contributed by atoms with E-state index in [4.69, 9.17) is 4.74 Å². The maximum Gasteiger partial charge on any atom is 0.246 e. The quantitative estimate of drug-likeness (QED) is 0.327. The zero-order chi connectivity index (χ0) is 28.6. The standard InChI is InChI=1S/C33H39N3O4S/c1-21(16-17-22-10-5-3-6-11-22)36-29(31(38)34-23-12-7-4-8-13-23)33-19-18-26(40-33)27(28(33)32(36)39)30(37)35-24-14-9-15-25(20-24)41-2/h3,5-6,9-11,14-15,18-21,23,26-29H,4,7-8,12-13,16-17H2,1-2H3,(H,34,38)(H,35,37)/t21-,26-,27+,28-,29+,33-/m1/s1. The van der Waals surface area contributed by atoms with Crippen LogP contribution >= 0.6 is 11.8 Å². The average molecular weight is 574 g/mol. The van der Waals surface area contributed by atoms with Crippen LogP contribution in [0.15, 0.2) is 71.6 Å². The number of hydrogen-bond donors (Lipinski definition) is 2. The largest absolute Gasteiger partial charge is 0.359 e. The monoisotopic (exact) mass is 573 g/mol. The number of ether oxygens (including phenoxy) is 1. The molecule has 216 valence electrons. The number of carbonyl (C=O) groups is 3. The number of anilines is 1. The van der Waals surface area contributed by atoms with Crippen molar-refractivity contribution in [3.8, 4) is 0 Å². The summed E-state index contributed by atoms with van der Waals surface area (Å²) in [6.45, 7) is 2.01. The minimum absolute atomic E-state index is 0.105. The van der Waals surface area contributed by atoms with Crippen LogP contribution in [-0.2, 0) is 25.5 Å². The SMILES string of the molecule is CSc1cccc(NC(=O)[C@H]2[C@H]3C=C[C@]4(O3)[C@H](C(=O)NC3CCCCC3)N([C@H](C)CCc3ccccc3)C(=O)[C@@H]24)c1. The fourth-order valence-electron chi connectivity index (χ4n) is 7.29. The second-order valence-corrected chi connectivity index (χ2v) is 12.8. The molecule has 3 amide bonds. The Morgan fingerprint density at radius 1 is 1.07 bits per heavy atom. The maximum atomic E-state index is 14.3. The Morgan fingerprint density at radius 3 is 2.61 bits per heavy atom. The first kappa shape index (κ1) is 28.0. The Hall–Kier alpha value is -3.10. The molecule has 8 heteroatoms. The van der Waals surface area contributed by atoms with Crippen LogP contribution in [0.4, 0.5) is 5.69 Å². The van der Waals surface area contributed by atoms with E-state index >= 15 is 0 Å². The van der Waals surface area contributed by atoms with Crippen LogP contribution < -0.4 is 10.6 Å². The fourth-order valence-corrected chi connectivity index (χ4v) is 7.75. The minimum atomic E-state index is -1.15. The second kappa shape index (κ2) is 11.6. The van der Waals surface area contributed by atoms with Gasteiger partial charge in [0.1, 0.15) is 11.6 Å². The van der Waals surface area contributed by atoms with Crippen LogP contribution in [0, 0.1) is 11.8 Å². The van der Waals surface area contributed by atoms with Crippen molar-refractivity contribution in [1.29, 1.82) is 0 Å². The summed E-state index contributed by atoms with van der Waals surface area (Å²) in [5, 5.41) is 6.31. The lowest BCUT2D eigenvalue weighted by Crippen LogP contribution is -2.58. The highest BCUT2D eigenvalue weighted by Crippen LogP contribution is 2.56. The normalized spacial score (nSPS) is 29.4. The minimum Gasteiger partial charge on any atom is -0.359 e. The van der Waals surface area contributed by atoms with Crippen LogP contribution in [0.1, 0.15) is 51.0 Å². The molecule has 1 spiro atoms. The number of benzene rings is 2. The highest BCUT2D eigenvalue weighted by molar-refractivity contribution is 7.98. The number of likely N-dealkylation sites (tertiary alicyclic amines) is 1. The van der Waals surface area contributed by atoms with Crippen molar-refractivity contribution in [1.82, 2.24) is 10.2 Å². The van der Waals surface area contributed by atoms with E-state index in [0.29, 0.717) is 12.1 Å². The van der Waals surface area contributed by atoms with Crippen molar-refractivity contribution < 1.29 is 19.1 Å². The van der Waals surface area contributed by atoms with Gasteiger partial charge in [0, 0.05) is 22.7 Å². The Bertz CT molecular complexity index is 1330. The van der Waals surface area contributed by atoms with E-state index in [1.165, 1.54) is 12.0 Å². The predicted octanol–water partition coefficient (Wildman–Crippen LogP) is 4.97. The Balaban J connectivity index is 1.29. The summed E-state index contributed by atoms with van der Waals surface area (Å²) < 4.78 is 6.54. The molecule has 6 atom stereocenters. The molecule has 0 radical (unpaired) electrons. The van der Waals surface area contributed by atoms with E-state index in [0.717, 1.165) is 37.0 Å². The van der Waals surface area contributed by atoms with Gasteiger partial charge in [0.2, 0.25) is 17.7 Å². The topological polar surface area (TPSA) is 87.7 Å². The van der Waals surface area contributed by atoms with E-state index < -0.39 is 29.6 Å². The first-order valence-corrected chi connectivity index (χ1v) is 16.1. The number of aryl methyl sites for hydroxylation is 1. The van der Waals surface area contributed by atoms with Crippen LogP contribution in [0.25, 0.3) is 0 Å². The van der Waals surface area contributed by atoms with Crippen LogP contribution in [-0.4, -0.2) is 58.7 Å². The molecule has 6 rings (SSSR count). The summed E-state index contributed by atoms with van der Waals surface area (Å²) in [4.78, 5) is 45.0. The Kier molecular flexibility index (Phi) is 7.97. The molecule has 1 aliphatic carbocycles. The number of fused-ring (bicyclic) bond motifs is 1. The molecule has 1 saturated carbocycles. The molecule has 2 aromatic carbocycles. The van der Waals surface area contributed by atoms with Gasteiger partial charge in [-0.1, -0.05) is 67.8 Å². The summed E-state index contributed by atoms with van der Waals surface area (Å²) in [5.41, 5.74) is 0.729. The molecule has 2 saturated heterocycles. The molecule has 7 nitrogen and oxygen atoms in total. The van der Waals surface area contributed by atoms with Gasteiger partial charge in [-0.25, -0.2) is 0 Å². The molecule has 3 fully saturated rings. The van der Waals surface area contributed by atoms with Crippen molar-refractivity contribution in [2.24, 2.45) is 11.8 Å². The molecule has 0 aromatic heterocycles. The molecular weight excluding hydrogens is 534 g/mol. The smallest absolute Gasteiger partial charge is 0.246 e. The lowest BCUT2D eigenvalue weighted by Gasteiger charge is -2.36. The highest BCUT2D eigenvalue weighted by Gasteiger charge is 2.73. The highest BCUT2D eigenvalue weighted by atomic mass is 32.2. The molecule has 2 bridgehead atoms. The number of nitrogens with zero attached hydrogens (tertiary/aromatic N) is 1. The fraction of sp³-hybridized carbons (Fsp3) is 0.485. The van der Waals surface area contributed by atoms with Crippen LogP contribution in [0.5, 0.6) is 0 Å². The number of thioether (sulfide) groups is 1. The molecule has 0 unspecified atom stereocenters. The van der Waals surface area contributed by atoms with Gasteiger partial charge in [-0.15, -0.1) is 11.8 Å². The molecule has 3 aliphatic heterocycles. The molecule has 4 aliphatic rings. The maximum absolute atomic E-state index is 14.3. The lowest BCUT2D eigenvalue weighted by molar-refractivity contribution is -0.143. The summed E-state index contributed by atoms with van der Waals surface area (Å²) in [5.74, 6) is -2.04. The van der Waals surface area contributed by atoms with Crippen molar-refractivity contribution in [3.05, 3.63) is 72.3 Å². The van der Waals surface area contributed by atoms with Crippen molar-refractivity contribution in [3.63, 3.8) is 0 Å². The van der Waals surface area contributed by atoms with Crippen molar-refractivity contribution >= 4 is 35.2 Å².